The van der Waals surface area contributed by atoms with E-state index in [0.717, 1.165) is 0 Å². The minimum Gasteiger partial charge on any atom is -0.502 e. The quantitative estimate of drug-likeness (QED) is 0.362. The summed E-state index contributed by atoms with van der Waals surface area (Å²) in [7, 11) is 5.53. The van der Waals surface area contributed by atoms with Gasteiger partial charge < -0.3 is 40.6 Å². The summed E-state index contributed by atoms with van der Waals surface area (Å²) in [5, 5.41) is 20.1. The van der Waals surface area contributed by atoms with Gasteiger partial charge in [-0.05, 0) is 60.4 Å². The van der Waals surface area contributed by atoms with Crippen molar-refractivity contribution in [3.05, 3.63) is 46.5 Å². The second-order valence-corrected chi connectivity index (χ2v) is 7.12. The Kier molecular flexibility index (Phi) is 8.77. The summed E-state index contributed by atoms with van der Waals surface area (Å²) in [4.78, 5) is 24.1. The van der Waals surface area contributed by atoms with Crippen LogP contribution in [0.3, 0.4) is 0 Å². The molecule has 0 saturated heterocycles. The van der Waals surface area contributed by atoms with Gasteiger partial charge in [-0.2, -0.15) is 0 Å². The number of nitrogens with two attached hydrogens (primary N) is 2. The molecule has 2 amide bonds. The van der Waals surface area contributed by atoms with Gasteiger partial charge in [0.2, 0.25) is 23.3 Å². The third-order valence-corrected chi connectivity index (χ3v) is 4.98. The first-order chi connectivity index (χ1) is 16.1. The van der Waals surface area contributed by atoms with E-state index in [2.05, 4.69) is 0 Å². The second kappa shape index (κ2) is 11.5. The Morgan fingerprint density at radius 1 is 0.676 bits per heavy atom. The van der Waals surface area contributed by atoms with Gasteiger partial charge in [0.15, 0.2) is 23.0 Å². The molecule has 0 fully saturated rings. The molecule has 0 atom stereocenters. The number of carbonyl (C=O) groups is 2. The van der Waals surface area contributed by atoms with E-state index in [-0.39, 0.29) is 58.5 Å². The Hall–Kier alpha value is -4.34. The molecule has 2 aromatic carbocycles. The van der Waals surface area contributed by atoms with Crippen molar-refractivity contribution in [1.29, 1.82) is 0 Å². The Bertz CT molecular complexity index is 998. The van der Waals surface area contributed by atoms with E-state index in [1.807, 2.05) is 0 Å². The average molecular weight is 472 g/mol. The average Bonchev–Trinajstić information content (AvgIpc) is 2.81. The second-order valence-electron chi connectivity index (χ2n) is 7.12. The van der Waals surface area contributed by atoms with Gasteiger partial charge in [-0.3, -0.25) is 9.59 Å². The number of rotatable bonds is 11. The van der Waals surface area contributed by atoms with Gasteiger partial charge in [0.1, 0.15) is 0 Å². The van der Waals surface area contributed by atoms with E-state index in [1.54, 1.807) is 0 Å². The first-order valence-corrected chi connectivity index (χ1v) is 10.1. The van der Waals surface area contributed by atoms with Crippen LogP contribution in [0.5, 0.6) is 34.5 Å². The number of benzene rings is 2. The maximum Gasteiger partial charge on any atom is 0.244 e. The Morgan fingerprint density at radius 2 is 0.941 bits per heavy atom. The predicted molar refractivity (Wildman–Crippen MR) is 126 cm³/mol. The molecule has 10 heteroatoms. The number of phenolic OH excluding ortho intramolecular Hbond substituents is 2. The van der Waals surface area contributed by atoms with E-state index < -0.39 is 11.8 Å². The number of aromatic hydroxyl groups is 2. The molecule has 2 aromatic rings. The molecule has 0 aromatic heterocycles. The lowest BCUT2D eigenvalue weighted by atomic mass is 9.99. The third kappa shape index (κ3) is 6.12. The van der Waals surface area contributed by atoms with Crippen LogP contribution in [0.25, 0.3) is 12.2 Å². The summed E-state index contributed by atoms with van der Waals surface area (Å²) < 4.78 is 20.5. The third-order valence-electron chi connectivity index (χ3n) is 4.98. The van der Waals surface area contributed by atoms with Gasteiger partial charge >= 0.3 is 0 Å². The Labute approximate surface area is 197 Å². The van der Waals surface area contributed by atoms with Crippen molar-refractivity contribution in [1.82, 2.24) is 0 Å². The maximum absolute atomic E-state index is 12.1. The van der Waals surface area contributed by atoms with Crippen molar-refractivity contribution < 1.29 is 38.7 Å². The van der Waals surface area contributed by atoms with Gasteiger partial charge in [-0.1, -0.05) is 0 Å². The Balaban J connectivity index is 2.40. The van der Waals surface area contributed by atoms with Crippen LogP contribution in [0, 0.1) is 0 Å². The van der Waals surface area contributed by atoms with Crippen LogP contribution in [0.1, 0.15) is 24.0 Å². The largest absolute Gasteiger partial charge is 0.502 e. The van der Waals surface area contributed by atoms with E-state index >= 15 is 0 Å². The molecule has 0 bridgehead atoms. The highest BCUT2D eigenvalue weighted by atomic mass is 16.5. The summed E-state index contributed by atoms with van der Waals surface area (Å²) >= 11 is 0. The summed E-state index contributed by atoms with van der Waals surface area (Å²) in [6.07, 6.45) is 3.22. The number of hydrogen-bond donors (Lipinski definition) is 4. The molecule has 0 saturated carbocycles. The van der Waals surface area contributed by atoms with Crippen LogP contribution in [0.15, 0.2) is 35.4 Å². The molecule has 34 heavy (non-hydrogen) atoms. The zero-order chi connectivity index (χ0) is 25.4. The monoisotopic (exact) mass is 472 g/mol. The van der Waals surface area contributed by atoms with Crippen LogP contribution < -0.4 is 30.4 Å². The molecule has 0 aliphatic carbocycles. The number of carbonyl (C=O) groups excluding carboxylic acids is 2. The summed E-state index contributed by atoms with van der Waals surface area (Å²) in [5.41, 5.74) is 12.5. The first kappa shape index (κ1) is 25.9. The van der Waals surface area contributed by atoms with Crippen molar-refractivity contribution in [3.8, 4) is 34.5 Å². The van der Waals surface area contributed by atoms with Crippen LogP contribution in [-0.4, -0.2) is 50.5 Å². The molecular formula is C24H28N2O8. The standard InChI is InChI=1S/C24H28N2O8/c1-31-17-9-13(10-18(32-2)21(17)27)7-15(23(25)29)5-6-16(24(26)30)8-14-11-19(33-3)22(28)20(12-14)34-4/h7-12,27-28H,5-6H2,1-4H3,(H2,25,29)(H2,26,30)/b15-7+,16-8+. The van der Waals surface area contributed by atoms with Gasteiger partial charge in [-0.25, -0.2) is 0 Å². The lowest BCUT2D eigenvalue weighted by Gasteiger charge is -2.11. The van der Waals surface area contributed by atoms with Crippen molar-refractivity contribution in [2.24, 2.45) is 11.5 Å². The van der Waals surface area contributed by atoms with Crippen molar-refractivity contribution in [2.45, 2.75) is 12.8 Å². The maximum atomic E-state index is 12.1. The van der Waals surface area contributed by atoms with E-state index in [1.165, 1.54) is 64.9 Å². The number of phenols is 2. The molecule has 0 unspecified atom stereocenters. The molecule has 0 spiro atoms. The fourth-order valence-corrected chi connectivity index (χ4v) is 3.20. The van der Waals surface area contributed by atoms with Crippen molar-refractivity contribution in [3.63, 3.8) is 0 Å². The summed E-state index contributed by atoms with van der Waals surface area (Å²) in [5.74, 6) is -1.12. The predicted octanol–water partition coefficient (Wildman–Crippen LogP) is 2.35. The summed E-state index contributed by atoms with van der Waals surface area (Å²) in [6.45, 7) is 0. The minimum atomic E-state index is -0.692. The lowest BCUT2D eigenvalue weighted by molar-refractivity contribution is -0.115. The number of hydrogen-bond acceptors (Lipinski definition) is 8. The number of amides is 2. The normalized spacial score (nSPS) is 11.6. The fourth-order valence-electron chi connectivity index (χ4n) is 3.20. The molecule has 182 valence electrons. The molecular weight excluding hydrogens is 444 g/mol. The Morgan fingerprint density at radius 3 is 1.15 bits per heavy atom. The van der Waals surface area contributed by atoms with E-state index in [4.69, 9.17) is 30.4 Å². The smallest absolute Gasteiger partial charge is 0.244 e. The van der Waals surface area contributed by atoms with Crippen LogP contribution in [0.4, 0.5) is 0 Å². The van der Waals surface area contributed by atoms with Gasteiger partial charge in [-0.15, -0.1) is 0 Å². The summed E-state index contributed by atoms with van der Waals surface area (Å²) in [6, 6.07) is 6.06. The highest BCUT2D eigenvalue weighted by Crippen LogP contribution is 2.39. The highest BCUT2D eigenvalue weighted by molar-refractivity contribution is 5.99. The lowest BCUT2D eigenvalue weighted by Crippen LogP contribution is -2.17. The zero-order valence-corrected chi connectivity index (χ0v) is 19.4. The molecule has 0 aliphatic heterocycles. The van der Waals surface area contributed by atoms with E-state index in [0.29, 0.717) is 11.1 Å². The first-order valence-electron chi connectivity index (χ1n) is 10.1. The van der Waals surface area contributed by atoms with Gasteiger partial charge in [0.05, 0.1) is 28.4 Å². The number of methoxy groups -OCH3 is 4. The molecule has 0 aliphatic rings. The number of primary amides is 2. The zero-order valence-electron chi connectivity index (χ0n) is 19.4. The van der Waals surface area contributed by atoms with Crippen LogP contribution in [0.2, 0.25) is 0 Å². The number of ether oxygens (including phenoxy) is 4. The molecule has 2 rings (SSSR count). The topological polar surface area (TPSA) is 164 Å². The SMILES string of the molecule is COc1cc(/C=C(\CC/C(=C\c2cc(OC)c(O)c(OC)c2)C(N)=O)C(N)=O)cc(OC)c1O. The van der Waals surface area contributed by atoms with Crippen molar-refractivity contribution >= 4 is 24.0 Å². The van der Waals surface area contributed by atoms with Gasteiger partial charge in [0.25, 0.3) is 0 Å². The van der Waals surface area contributed by atoms with E-state index in [9.17, 15) is 19.8 Å². The van der Waals surface area contributed by atoms with Crippen molar-refractivity contribution in [2.75, 3.05) is 28.4 Å². The van der Waals surface area contributed by atoms with Crippen LogP contribution >= 0.6 is 0 Å². The highest BCUT2D eigenvalue weighted by Gasteiger charge is 2.15. The molecule has 10 nitrogen and oxygen atoms in total. The molecule has 0 heterocycles. The molecule has 0 radical (unpaired) electrons. The van der Waals surface area contributed by atoms with Gasteiger partial charge in [0, 0.05) is 11.1 Å². The van der Waals surface area contributed by atoms with Crippen LogP contribution in [-0.2, 0) is 9.59 Å². The minimum absolute atomic E-state index is 0.0992. The fraction of sp³-hybridized carbons (Fsp3) is 0.250. The molecule has 6 N–H and O–H groups in total.